The molecule has 0 spiro atoms. The lowest BCUT2D eigenvalue weighted by atomic mass is 10.2. The SMILES string of the molecule is CC(C)CN=C(N)Nc1cccc(F)c1F. The average Bonchev–Trinajstić information content (AvgIpc) is 2.22. The van der Waals surface area contributed by atoms with Crippen molar-refractivity contribution >= 4 is 11.6 Å². The van der Waals surface area contributed by atoms with Crippen molar-refractivity contribution in [3.63, 3.8) is 0 Å². The van der Waals surface area contributed by atoms with E-state index in [4.69, 9.17) is 5.73 Å². The number of benzene rings is 1. The van der Waals surface area contributed by atoms with Crippen LogP contribution in [0.5, 0.6) is 0 Å². The van der Waals surface area contributed by atoms with Crippen molar-refractivity contribution in [3.05, 3.63) is 29.8 Å². The predicted molar refractivity (Wildman–Crippen MR) is 61.3 cm³/mol. The Morgan fingerprint density at radius 3 is 2.75 bits per heavy atom. The van der Waals surface area contributed by atoms with Crippen molar-refractivity contribution in [3.8, 4) is 0 Å². The lowest BCUT2D eigenvalue weighted by Crippen LogP contribution is -2.24. The van der Waals surface area contributed by atoms with Gasteiger partial charge in [0.2, 0.25) is 0 Å². The van der Waals surface area contributed by atoms with Gasteiger partial charge in [-0.25, -0.2) is 8.78 Å². The summed E-state index contributed by atoms with van der Waals surface area (Å²) < 4.78 is 26.1. The molecule has 1 aromatic rings. The van der Waals surface area contributed by atoms with E-state index in [1.807, 2.05) is 13.8 Å². The van der Waals surface area contributed by atoms with Crippen LogP contribution in [0, 0.1) is 17.6 Å². The number of rotatable bonds is 3. The van der Waals surface area contributed by atoms with Gasteiger partial charge in [0.05, 0.1) is 5.69 Å². The summed E-state index contributed by atoms with van der Waals surface area (Å²) in [5.74, 6) is -1.43. The van der Waals surface area contributed by atoms with Gasteiger partial charge in [-0.05, 0) is 18.1 Å². The molecule has 0 amide bonds. The van der Waals surface area contributed by atoms with Gasteiger partial charge in [-0.2, -0.15) is 0 Å². The van der Waals surface area contributed by atoms with Crippen LogP contribution in [0.4, 0.5) is 14.5 Å². The topological polar surface area (TPSA) is 50.4 Å². The summed E-state index contributed by atoms with van der Waals surface area (Å²) in [6, 6.07) is 3.84. The molecule has 3 nitrogen and oxygen atoms in total. The third-order valence-electron chi connectivity index (χ3n) is 1.84. The molecule has 0 aliphatic heterocycles. The van der Waals surface area contributed by atoms with Gasteiger partial charge in [0.25, 0.3) is 0 Å². The van der Waals surface area contributed by atoms with Crippen molar-refractivity contribution in [2.45, 2.75) is 13.8 Å². The van der Waals surface area contributed by atoms with Gasteiger partial charge in [0, 0.05) is 6.54 Å². The number of aliphatic imine (C=N–C) groups is 1. The molecule has 1 rings (SSSR count). The first kappa shape index (κ1) is 12.4. The number of nitrogens with two attached hydrogens (primary N) is 1. The summed E-state index contributed by atoms with van der Waals surface area (Å²) in [7, 11) is 0. The maximum absolute atomic E-state index is 13.2. The van der Waals surface area contributed by atoms with Gasteiger partial charge >= 0.3 is 0 Å². The second-order valence-corrected chi connectivity index (χ2v) is 3.85. The quantitative estimate of drug-likeness (QED) is 0.615. The molecule has 16 heavy (non-hydrogen) atoms. The molecule has 0 bridgehead atoms. The zero-order chi connectivity index (χ0) is 12.1. The minimum atomic E-state index is -0.954. The highest BCUT2D eigenvalue weighted by Crippen LogP contribution is 2.15. The van der Waals surface area contributed by atoms with E-state index in [1.54, 1.807) is 0 Å². The standard InChI is InChI=1S/C11H15F2N3/c1-7(2)6-15-11(14)16-9-5-3-4-8(12)10(9)13/h3-5,7H,6H2,1-2H3,(H3,14,15,16). The molecule has 88 valence electrons. The Balaban J connectivity index is 2.73. The van der Waals surface area contributed by atoms with E-state index in [0.717, 1.165) is 6.07 Å². The van der Waals surface area contributed by atoms with Crippen molar-refractivity contribution < 1.29 is 8.78 Å². The van der Waals surface area contributed by atoms with Gasteiger partial charge in [-0.3, -0.25) is 4.99 Å². The fraction of sp³-hybridized carbons (Fsp3) is 0.364. The van der Waals surface area contributed by atoms with Crippen LogP contribution in [-0.4, -0.2) is 12.5 Å². The number of hydrogen-bond donors (Lipinski definition) is 2. The molecule has 1 aromatic carbocycles. The van der Waals surface area contributed by atoms with Crippen molar-refractivity contribution in [1.82, 2.24) is 0 Å². The molecule has 3 N–H and O–H groups in total. The van der Waals surface area contributed by atoms with Crippen LogP contribution in [0.3, 0.4) is 0 Å². The van der Waals surface area contributed by atoms with Gasteiger partial charge < -0.3 is 11.1 Å². The molecular formula is C11H15F2N3. The van der Waals surface area contributed by atoms with Crippen molar-refractivity contribution in [2.75, 3.05) is 11.9 Å². The van der Waals surface area contributed by atoms with Crippen LogP contribution in [0.25, 0.3) is 0 Å². The highest BCUT2D eigenvalue weighted by atomic mass is 19.2. The summed E-state index contributed by atoms with van der Waals surface area (Å²) in [5.41, 5.74) is 5.51. The number of nitrogens with one attached hydrogen (secondary N) is 1. The Morgan fingerprint density at radius 2 is 2.12 bits per heavy atom. The van der Waals surface area contributed by atoms with E-state index in [0.29, 0.717) is 12.5 Å². The molecule has 0 fully saturated rings. The third kappa shape index (κ3) is 3.49. The Labute approximate surface area is 93.4 Å². The smallest absolute Gasteiger partial charge is 0.193 e. The normalized spacial score (nSPS) is 11.9. The number of halogens is 2. The Hall–Kier alpha value is -1.65. The van der Waals surface area contributed by atoms with E-state index < -0.39 is 11.6 Å². The van der Waals surface area contributed by atoms with Gasteiger partial charge in [0.1, 0.15) is 0 Å². The fourth-order valence-electron chi connectivity index (χ4n) is 1.06. The maximum Gasteiger partial charge on any atom is 0.193 e. The van der Waals surface area contributed by atoms with Crippen molar-refractivity contribution in [1.29, 1.82) is 0 Å². The summed E-state index contributed by atoms with van der Waals surface area (Å²) in [6.07, 6.45) is 0. The Bertz CT molecular complexity index is 389. The Morgan fingerprint density at radius 1 is 1.44 bits per heavy atom. The number of anilines is 1. The fourth-order valence-corrected chi connectivity index (χ4v) is 1.06. The van der Waals surface area contributed by atoms with E-state index in [2.05, 4.69) is 10.3 Å². The van der Waals surface area contributed by atoms with E-state index in [-0.39, 0.29) is 11.6 Å². The molecule has 0 aromatic heterocycles. The molecule has 0 radical (unpaired) electrons. The lowest BCUT2D eigenvalue weighted by Gasteiger charge is -2.07. The largest absolute Gasteiger partial charge is 0.370 e. The third-order valence-corrected chi connectivity index (χ3v) is 1.84. The van der Waals surface area contributed by atoms with Crippen LogP contribution in [0.15, 0.2) is 23.2 Å². The first-order chi connectivity index (χ1) is 7.50. The van der Waals surface area contributed by atoms with E-state index in [1.165, 1.54) is 12.1 Å². The molecule has 0 saturated heterocycles. The van der Waals surface area contributed by atoms with E-state index in [9.17, 15) is 8.78 Å². The summed E-state index contributed by atoms with van der Waals surface area (Å²) >= 11 is 0. The van der Waals surface area contributed by atoms with Crippen LogP contribution in [0.2, 0.25) is 0 Å². The predicted octanol–water partition coefficient (Wildman–Crippen LogP) is 2.35. The van der Waals surface area contributed by atoms with Gasteiger partial charge in [-0.15, -0.1) is 0 Å². The lowest BCUT2D eigenvalue weighted by molar-refractivity contribution is 0.512. The highest BCUT2D eigenvalue weighted by Gasteiger charge is 2.07. The van der Waals surface area contributed by atoms with Crippen LogP contribution < -0.4 is 11.1 Å². The molecule has 0 aliphatic rings. The second-order valence-electron chi connectivity index (χ2n) is 3.85. The van der Waals surface area contributed by atoms with Crippen LogP contribution >= 0.6 is 0 Å². The molecule has 0 saturated carbocycles. The monoisotopic (exact) mass is 227 g/mol. The zero-order valence-electron chi connectivity index (χ0n) is 9.30. The molecule has 5 heteroatoms. The summed E-state index contributed by atoms with van der Waals surface area (Å²) in [5, 5.41) is 2.52. The molecule has 0 unspecified atom stereocenters. The van der Waals surface area contributed by atoms with Crippen molar-refractivity contribution in [2.24, 2.45) is 16.6 Å². The summed E-state index contributed by atoms with van der Waals surface area (Å²) in [4.78, 5) is 3.98. The number of nitrogens with zero attached hydrogens (tertiary/aromatic N) is 1. The van der Waals surface area contributed by atoms with Gasteiger partial charge in [-0.1, -0.05) is 19.9 Å². The zero-order valence-corrected chi connectivity index (χ0v) is 9.30. The molecule has 0 atom stereocenters. The first-order valence-corrected chi connectivity index (χ1v) is 5.01. The maximum atomic E-state index is 13.2. The molecule has 0 heterocycles. The van der Waals surface area contributed by atoms with Crippen LogP contribution in [0.1, 0.15) is 13.8 Å². The molecule has 0 aliphatic carbocycles. The minimum Gasteiger partial charge on any atom is -0.370 e. The molecular weight excluding hydrogens is 212 g/mol. The van der Waals surface area contributed by atoms with Gasteiger partial charge in [0.15, 0.2) is 17.6 Å². The summed E-state index contributed by atoms with van der Waals surface area (Å²) in [6.45, 7) is 4.51. The number of hydrogen-bond acceptors (Lipinski definition) is 1. The number of guanidine groups is 1. The average molecular weight is 227 g/mol. The van der Waals surface area contributed by atoms with E-state index >= 15 is 0 Å². The highest BCUT2D eigenvalue weighted by molar-refractivity contribution is 5.92. The van der Waals surface area contributed by atoms with Crippen LogP contribution in [-0.2, 0) is 0 Å². The minimum absolute atomic E-state index is 0.00925. The Kier molecular flexibility index (Phi) is 4.22. The second kappa shape index (κ2) is 5.44. The first-order valence-electron chi connectivity index (χ1n) is 5.01.